The molecule has 6 nitrogen and oxygen atoms in total. The van der Waals surface area contributed by atoms with Gasteiger partial charge in [-0.05, 0) is 44.4 Å². The van der Waals surface area contributed by atoms with Crippen molar-refractivity contribution in [2.24, 2.45) is 0 Å². The summed E-state index contributed by atoms with van der Waals surface area (Å²) >= 11 is 0. The van der Waals surface area contributed by atoms with Gasteiger partial charge in [-0.15, -0.1) is 0 Å². The number of nitrogens with zero attached hydrogens (tertiary/aromatic N) is 2. The zero-order chi connectivity index (χ0) is 17.3. The number of rotatable bonds is 4. The summed E-state index contributed by atoms with van der Waals surface area (Å²) in [5.74, 6) is 1.48. The van der Waals surface area contributed by atoms with Crippen molar-refractivity contribution in [3.8, 4) is 5.75 Å². The highest BCUT2D eigenvalue weighted by Crippen LogP contribution is 2.23. The van der Waals surface area contributed by atoms with E-state index < -0.39 is 0 Å². The van der Waals surface area contributed by atoms with Crippen molar-refractivity contribution in [1.82, 2.24) is 9.55 Å². The number of fused-ring (bicyclic) bond motifs is 1. The second-order valence-electron chi connectivity index (χ2n) is 6.40. The van der Waals surface area contributed by atoms with Crippen molar-refractivity contribution in [3.05, 3.63) is 56.2 Å². The van der Waals surface area contributed by atoms with Gasteiger partial charge in [-0.2, -0.15) is 0 Å². The first kappa shape index (κ1) is 16.4. The van der Waals surface area contributed by atoms with E-state index in [-0.39, 0.29) is 17.3 Å². The number of nitrogens with one attached hydrogen (secondary N) is 1. The number of anilines is 1. The van der Waals surface area contributed by atoms with Crippen molar-refractivity contribution in [3.63, 3.8) is 0 Å². The van der Waals surface area contributed by atoms with Gasteiger partial charge in [-0.3, -0.25) is 14.3 Å². The first-order valence-electron chi connectivity index (χ1n) is 8.27. The van der Waals surface area contributed by atoms with Crippen molar-refractivity contribution < 1.29 is 4.74 Å². The Morgan fingerprint density at radius 3 is 2.54 bits per heavy atom. The maximum atomic E-state index is 12.7. The highest BCUT2D eigenvalue weighted by Gasteiger charge is 2.23. The van der Waals surface area contributed by atoms with E-state index in [4.69, 9.17) is 4.74 Å². The van der Waals surface area contributed by atoms with E-state index in [0.717, 1.165) is 24.3 Å². The molecule has 1 aromatic heterocycles. The Balaban J connectivity index is 1.96. The Morgan fingerprint density at radius 2 is 1.92 bits per heavy atom. The van der Waals surface area contributed by atoms with Crippen molar-refractivity contribution >= 4 is 5.82 Å². The molecule has 1 aliphatic heterocycles. The molecule has 0 aliphatic carbocycles. The zero-order valence-electron chi connectivity index (χ0n) is 14.3. The molecular weight excluding hydrogens is 306 g/mol. The quantitative estimate of drug-likeness (QED) is 0.932. The third-order valence-electron chi connectivity index (χ3n) is 4.43. The summed E-state index contributed by atoms with van der Waals surface area (Å²) in [7, 11) is 1.64. The Labute approximate surface area is 140 Å². The maximum Gasteiger partial charge on any atom is 0.330 e. The first-order chi connectivity index (χ1) is 11.5. The minimum atomic E-state index is -0.338. The Bertz CT molecular complexity index is 834. The van der Waals surface area contributed by atoms with Crippen LogP contribution in [0, 0.1) is 0 Å². The first-order valence-corrected chi connectivity index (χ1v) is 8.27. The molecule has 0 atom stereocenters. The standard InChI is InChI=1S/C18H23N3O3/c1-12(2)21-17(22)15-5-4-10-20(16(15)19-18(21)23)11-13-6-8-14(24-3)9-7-13/h6-9,12H,4-5,10-11H2,1-3H3,(H,19,23). The minimum absolute atomic E-state index is 0.150. The third kappa shape index (κ3) is 2.96. The predicted octanol–water partition coefficient (Wildman–Crippen LogP) is 2.08. The van der Waals surface area contributed by atoms with Gasteiger partial charge in [0, 0.05) is 19.1 Å². The molecule has 1 N–H and O–H groups in total. The van der Waals surface area contributed by atoms with Gasteiger partial charge in [-0.1, -0.05) is 12.1 Å². The topological polar surface area (TPSA) is 67.3 Å². The van der Waals surface area contributed by atoms with E-state index in [9.17, 15) is 9.59 Å². The van der Waals surface area contributed by atoms with Gasteiger partial charge in [0.25, 0.3) is 5.56 Å². The van der Waals surface area contributed by atoms with E-state index in [1.165, 1.54) is 4.57 Å². The van der Waals surface area contributed by atoms with Crippen LogP contribution in [-0.2, 0) is 13.0 Å². The van der Waals surface area contributed by atoms with E-state index in [1.54, 1.807) is 7.11 Å². The normalized spacial score (nSPS) is 13.9. The Kier molecular flexibility index (Phi) is 4.46. The summed E-state index contributed by atoms with van der Waals surface area (Å²) in [5.41, 5.74) is 1.32. The number of hydrogen-bond acceptors (Lipinski definition) is 4. The van der Waals surface area contributed by atoms with Crippen LogP contribution in [-0.4, -0.2) is 23.2 Å². The number of H-pyrrole nitrogens is 1. The van der Waals surface area contributed by atoms with E-state index in [2.05, 4.69) is 9.88 Å². The fourth-order valence-electron chi connectivity index (χ4n) is 3.21. The van der Waals surface area contributed by atoms with Crippen LogP contribution >= 0.6 is 0 Å². The highest BCUT2D eigenvalue weighted by molar-refractivity contribution is 5.48. The van der Waals surface area contributed by atoms with Crippen LogP contribution in [0.4, 0.5) is 5.82 Å². The molecule has 0 radical (unpaired) electrons. The highest BCUT2D eigenvalue weighted by atomic mass is 16.5. The van der Waals surface area contributed by atoms with Gasteiger partial charge >= 0.3 is 5.69 Å². The number of methoxy groups -OCH3 is 1. The lowest BCUT2D eigenvalue weighted by Crippen LogP contribution is -2.43. The average Bonchev–Trinajstić information content (AvgIpc) is 2.56. The molecule has 2 heterocycles. The van der Waals surface area contributed by atoms with E-state index in [0.29, 0.717) is 24.3 Å². The molecule has 0 bridgehead atoms. The second-order valence-corrected chi connectivity index (χ2v) is 6.40. The minimum Gasteiger partial charge on any atom is -0.497 e. The van der Waals surface area contributed by atoms with E-state index >= 15 is 0 Å². The van der Waals surface area contributed by atoms with Gasteiger partial charge in [0.1, 0.15) is 11.6 Å². The summed E-state index contributed by atoms with van der Waals surface area (Å²) in [6.45, 7) is 5.17. The smallest absolute Gasteiger partial charge is 0.330 e. The number of hydrogen-bond donors (Lipinski definition) is 1. The monoisotopic (exact) mass is 329 g/mol. The summed E-state index contributed by atoms with van der Waals surface area (Å²) < 4.78 is 6.48. The molecule has 1 aromatic carbocycles. The number of benzene rings is 1. The van der Waals surface area contributed by atoms with Gasteiger partial charge in [0.15, 0.2) is 0 Å². The fraction of sp³-hybridized carbons (Fsp3) is 0.444. The number of ether oxygens (including phenoxy) is 1. The maximum absolute atomic E-state index is 12.7. The number of aromatic amines is 1. The van der Waals surface area contributed by atoms with Gasteiger partial charge in [0.2, 0.25) is 0 Å². The molecule has 24 heavy (non-hydrogen) atoms. The second kappa shape index (κ2) is 6.55. The van der Waals surface area contributed by atoms with Gasteiger partial charge in [-0.25, -0.2) is 4.79 Å². The molecule has 128 valence electrons. The molecule has 0 fully saturated rings. The van der Waals surface area contributed by atoms with Crippen LogP contribution in [0.15, 0.2) is 33.9 Å². The van der Waals surface area contributed by atoms with Gasteiger partial charge < -0.3 is 9.64 Å². The molecule has 0 spiro atoms. The zero-order valence-corrected chi connectivity index (χ0v) is 14.3. The van der Waals surface area contributed by atoms with Gasteiger partial charge in [0.05, 0.1) is 12.7 Å². The molecule has 1 aliphatic rings. The van der Waals surface area contributed by atoms with Crippen LogP contribution < -0.4 is 20.9 Å². The molecule has 6 heteroatoms. The van der Waals surface area contributed by atoms with E-state index in [1.807, 2.05) is 38.1 Å². The fourth-order valence-corrected chi connectivity index (χ4v) is 3.21. The Morgan fingerprint density at radius 1 is 1.21 bits per heavy atom. The number of aromatic nitrogens is 2. The Hall–Kier alpha value is -2.50. The molecule has 0 unspecified atom stereocenters. The van der Waals surface area contributed by atoms with Crippen LogP contribution in [0.5, 0.6) is 5.75 Å². The average molecular weight is 329 g/mol. The SMILES string of the molecule is COc1ccc(CN2CCCc3c2[nH]c(=O)n(C(C)C)c3=O)cc1. The molecule has 3 rings (SSSR count). The molecule has 0 saturated carbocycles. The van der Waals surface area contributed by atoms with Crippen LogP contribution in [0.1, 0.15) is 37.4 Å². The lowest BCUT2D eigenvalue weighted by molar-refractivity contribution is 0.414. The van der Waals surface area contributed by atoms with Crippen LogP contribution in [0.25, 0.3) is 0 Å². The predicted molar refractivity (Wildman–Crippen MR) is 94.1 cm³/mol. The van der Waals surface area contributed by atoms with Crippen molar-refractivity contribution in [1.29, 1.82) is 0 Å². The van der Waals surface area contributed by atoms with Crippen molar-refractivity contribution in [2.75, 3.05) is 18.6 Å². The lowest BCUT2D eigenvalue weighted by atomic mass is 10.1. The van der Waals surface area contributed by atoms with Crippen LogP contribution in [0.3, 0.4) is 0 Å². The summed E-state index contributed by atoms with van der Waals surface area (Å²) in [5, 5.41) is 0. The third-order valence-corrected chi connectivity index (χ3v) is 4.43. The molecular formula is C18H23N3O3. The molecule has 0 saturated heterocycles. The summed E-state index contributed by atoms with van der Waals surface area (Å²) in [6, 6.07) is 7.68. The summed E-state index contributed by atoms with van der Waals surface area (Å²) in [4.78, 5) is 30.0. The lowest BCUT2D eigenvalue weighted by Gasteiger charge is -2.31. The summed E-state index contributed by atoms with van der Waals surface area (Å²) in [6.07, 6.45) is 1.61. The van der Waals surface area contributed by atoms with Crippen LogP contribution in [0.2, 0.25) is 0 Å². The largest absolute Gasteiger partial charge is 0.497 e. The van der Waals surface area contributed by atoms with Crippen molar-refractivity contribution in [2.45, 2.75) is 39.3 Å². The molecule has 2 aromatic rings. The molecule has 0 amide bonds.